The summed E-state index contributed by atoms with van der Waals surface area (Å²) in [5.41, 5.74) is 5.73. The minimum absolute atomic E-state index is 0.0162. The number of nitrogens with zero attached hydrogens (tertiary/aromatic N) is 3. The zero-order valence-electron chi connectivity index (χ0n) is 21.4. The van der Waals surface area contributed by atoms with Crippen LogP contribution in [0.3, 0.4) is 0 Å². The third kappa shape index (κ3) is 4.93. The number of aromatic nitrogens is 2. The highest BCUT2D eigenvalue weighted by atomic mass is 16.2. The summed E-state index contributed by atoms with van der Waals surface area (Å²) in [5, 5.41) is 9.32. The Morgan fingerprint density at radius 1 is 1.14 bits per heavy atom. The molecule has 0 unspecified atom stereocenters. The lowest BCUT2D eigenvalue weighted by Gasteiger charge is -2.19. The van der Waals surface area contributed by atoms with Crippen molar-refractivity contribution >= 4 is 34.8 Å². The van der Waals surface area contributed by atoms with Crippen LogP contribution >= 0.6 is 0 Å². The molecule has 1 aromatic carbocycles. The summed E-state index contributed by atoms with van der Waals surface area (Å²) < 4.78 is 0. The molecule has 3 N–H and O–H groups in total. The topological polar surface area (TPSA) is 99.2 Å². The van der Waals surface area contributed by atoms with Crippen LogP contribution in [-0.2, 0) is 16.8 Å². The molecule has 0 fully saturated rings. The Labute approximate surface area is 211 Å². The zero-order chi connectivity index (χ0) is 26.0. The van der Waals surface area contributed by atoms with E-state index in [4.69, 9.17) is 0 Å². The van der Waals surface area contributed by atoms with E-state index >= 15 is 0 Å². The maximum absolute atomic E-state index is 13.3. The van der Waals surface area contributed by atoms with Gasteiger partial charge in [-0.2, -0.15) is 0 Å². The summed E-state index contributed by atoms with van der Waals surface area (Å²) in [7, 11) is 0. The molecule has 3 aromatic rings. The van der Waals surface area contributed by atoms with Crippen molar-refractivity contribution in [2.45, 2.75) is 46.6 Å². The number of hydrogen-bond acceptors (Lipinski definition) is 6. The Morgan fingerprint density at radius 2 is 1.92 bits per heavy atom. The van der Waals surface area contributed by atoms with Crippen LogP contribution < -0.4 is 20.9 Å². The number of fused-ring (bicyclic) bond motifs is 1. The summed E-state index contributed by atoms with van der Waals surface area (Å²) in [6.07, 6.45) is 5.04. The van der Waals surface area contributed by atoms with Crippen molar-refractivity contribution in [2.75, 3.05) is 27.4 Å². The highest BCUT2D eigenvalue weighted by molar-refractivity contribution is 6.08. The van der Waals surface area contributed by atoms with Crippen LogP contribution in [0.25, 0.3) is 0 Å². The number of carbonyl (C=O) groups excluding carboxylic acids is 2. The SMILES string of the molecule is C=CNc1nccc(CNc2ncc(C)cc2C(=O)Nc2ccc3c(c2)N(C(C)=O)CC3(C)C)c1C. The molecule has 0 atom stereocenters. The fourth-order valence-electron chi connectivity index (χ4n) is 4.52. The Balaban J connectivity index is 1.57. The summed E-state index contributed by atoms with van der Waals surface area (Å²) in [4.78, 5) is 36.1. The molecular weight excluding hydrogens is 452 g/mol. The van der Waals surface area contributed by atoms with E-state index in [-0.39, 0.29) is 17.2 Å². The van der Waals surface area contributed by atoms with Gasteiger partial charge in [0.05, 0.1) is 5.56 Å². The lowest BCUT2D eigenvalue weighted by Crippen LogP contribution is -2.32. The van der Waals surface area contributed by atoms with E-state index in [0.717, 1.165) is 33.8 Å². The van der Waals surface area contributed by atoms with Crippen LogP contribution in [-0.4, -0.2) is 28.3 Å². The van der Waals surface area contributed by atoms with Gasteiger partial charge >= 0.3 is 0 Å². The van der Waals surface area contributed by atoms with Gasteiger partial charge in [-0.3, -0.25) is 9.59 Å². The normalized spacial score (nSPS) is 13.6. The summed E-state index contributed by atoms with van der Waals surface area (Å²) in [5.74, 6) is 0.928. The molecule has 3 heterocycles. The number of carbonyl (C=O) groups is 2. The zero-order valence-corrected chi connectivity index (χ0v) is 21.4. The molecule has 0 bridgehead atoms. The summed E-state index contributed by atoms with van der Waals surface area (Å²) in [6.45, 7) is 14.4. The number of amides is 2. The molecule has 1 aliphatic rings. The second-order valence-electron chi connectivity index (χ2n) is 9.73. The second kappa shape index (κ2) is 9.81. The molecule has 186 valence electrons. The van der Waals surface area contributed by atoms with Gasteiger partial charge in [0.15, 0.2) is 0 Å². The summed E-state index contributed by atoms with van der Waals surface area (Å²) >= 11 is 0. The number of nitrogens with one attached hydrogen (secondary N) is 3. The van der Waals surface area contributed by atoms with E-state index in [2.05, 4.69) is 46.3 Å². The third-order valence-electron chi connectivity index (χ3n) is 6.48. The van der Waals surface area contributed by atoms with Gasteiger partial charge in [0.25, 0.3) is 5.91 Å². The maximum Gasteiger partial charge on any atom is 0.259 e. The van der Waals surface area contributed by atoms with Gasteiger partial charge in [0, 0.05) is 49.2 Å². The van der Waals surface area contributed by atoms with Crippen molar-refractivity contribution in [1.82, 2.24) is 9.97 Å². The number of benzene rings is 1. The molecule has 0 spiro atoms. The number of anilines is 4. The fourth-order valence-corrected chi connectivity index (χ4v) is 4.52. The first-order valence-corrected chi connectivity index (χ1v) is 11.9. The van der Waals surface area contributed by atoms with Crippen molar-refractivity contribution < 1.29 is 9.59 Å². The highest BCUT2D eigenvalue weighted by Gasteiger charge is 2.37. The molecule has 1 aliphatic heterocycles. The van der Waals surface area contributed by atoms with E-state index < -0.39 is 0 Å². The quantitative estimate of drug-likeness (QED) is 0.429. The first-order valence-electron chi connectivity index (χ1n) is 11.9. The van der Waals surface area contributed by atoms with Crippen LogP contribution in [0.2, 0.25) is 0 Å². The van der Waals surface area contributed by atoms with Crippen LogP contribution in [0.5, 0.6) is 0 Å². The molecule has 2 amide bonds. The van der Waals surface area contributed by atoms with E-state index in [1.165, 1.54) is 0 Å². The van der Waals surface area contributed by atoms with Gasteiger partial charge in [0.2, 0.25) is 5.91 Å². The Morgan fingerprint density at radius 3 is 2.64 bits per heavy atom. The van der Waals surface area contributed by atoms with Crippen molar-refractivity contribution in [2.24, 2.45) is 0 Å². The number of rotatable bonds is 7. The molecule has 0 saturated heterocycles. The average Bonchev–Trinajstić information content (AvgIpc) is 3.10. The molecule has 0 saturated carbocycles. The molecule has 8 nitrogen and oxygen atoms in total. The predicted molar refractivity (Wildman–Crippen MR) is 145 cm³/mol. The van der Waals surface area contributed by atoms with Crippen molar-refractivity contribution in [1.29, 1.82) is 0 Å². The van der Waals surface area contributed by atoms with Gasteiger partial charge in [-0.05, 0) is 66.6 Å². The Kier molecular flexibility index (Phi) is 6.79. The molecular formula is C28H32N6O2. The van der Waals surface area contributed by atoms with Crippen molar-refractivity contribution in [3.05, 3.63) is 83.3 Å². The van der Waals surface area contributed by atoms with Crippen LogP contribution in [0.4, 0.5) is 23.0 Å². The smallest absolute Gasteiger partial charge is 0.259 e. The first kappa shape index (κ1) is 24.9. The standard InChI is InChI=1S/C28H32N6O2/c1-7-29-25-18(3)20(10-11-30-25)15-32-26-22(12-17(2)14-31-26)27(36)33-21-8-9-23-24(13-21)34(19(4)35)16-28(23,5)6/h7-14H,1,15-16H2,2-6H3,(H,29,30)(H,31,32)(H,33,36). The molecule has 4 rings (SSSR count). The highest BCUT2D eigenvalue weighted by Crippen LogP contribution is 2.41. The van der Waals surface area contributed by atoms with Gasteiger partial charge in [0.1, 0.15) is 11.6 Å². The van der Waals surface area contributed by atoms with Crippen LogP contribution in [0.15, 0.2) is 55.5 Å². The molecule has 0 radical (unpaired) electrons. The van der Waals surface area contributed by atoms with Crippen molar-refractivity contribution in [3.8, 4) is 0 Å². The van der Waals surface area contributed by atoms with E-state index in [9.17, 15) is 9.59 Å². The first-order chi connectivity index (χ1) is 17.1. The maximum atomic E-state index is 13.3. The van der Waals surface area contributed by atoms with Gasteiger partial charge in [-0.15, -0.1) is 0 Å². The molecule has 8 heteroatoms. The summed E-state index contributed by atoms with van der Waals surface area (Å²) in [6, 6.07) is 9.48. The van der Waals surface area contributed by atoms with Crippen LogP contribution in [0, 0.1) is 13.8 Å². The second-order valence-corrected chi connectivity index (χ2v) is 9.73. The molecule has 36 heavy (non-hydrogen) atoms. The Bertz CT molecular complexity index is 1350. The molecule has 0 aliphatic carbocycles. The fraction of sp³-hybridized carbons (Fsp3) is 0.286. The van der Waals surface area contributed by atoms with Crippen LogP contribution in [0.1, 0.15) is 53.4 Å². The van der Waals surface area contributed by atoms with E-state index in [1.54, 1.807) is 30.4 Å². The van der Waals surface area contributed by atoms with Gasteiger partial charge in [-0.25, -0.2) is 9.97 Å². The van der Waals surface area contributed by atoms with Gasteiger partial charge < -0.3 is 20.9 Å². The monoisotopic (exact) mass is 484 g/mol. The third-order valence-corrected chi connectivity index (χ3v) is 6.48. The minimum atomic E-state index is -0.277. The van der Waals surface area contributed by atoms with E-state index in [1.807, 2.05) is 44.2 Å². The molecule has 2 aromatic heterocycles. The lowest BCUT2D eigenvalue weighted by molar-refractivity contribution is -0.116. The number of hydrogen-bond donors (Lipinski definition) is 3. The predicted octanol–water partition coefficient (Wildman–Crippen LogP) is 5.16. The minimum Gasteiger partial charge on any atom is -0.365 e. The number of aryl methyl sites for hydroxylation is 1. The Hall–Kier alpha value is -4.20. The number of pyridine rings is 2. The lowest BCUT2D eigenvalue weighted by atomic mass is 9.87. The van der Waals surface area contributed by atoms with E-state index in [0.29, 0.717) is 30.2 Å². The average molecular weight is 485 g/mol. The van der Waals surface area contributed by atoms with Crippen molar-refractivity contribution in [3.63, 3.8) is 0 Å². The largest absolute Gasteiger partial charge is 0.365 e. The van der Waals surface area contributed by atoms with Gasteiger partial charge in [-0.1, -0.05) is 26.5 Å².